The Bertz CT molecular complexity index is 1190. The molecule has 0 bridgehead atoms. The third-order valence-corrected chi connectivity index (χ3v) is 6.34. The van der Waals surface area contributed by atoms with E-state index in [4.69, 9.17) is 0 Å². The molecule has 0 aromatic heterocycles. The van der Waals surface area contributed by atoms with Crippen molar-refractivity contribution in [2.75, 3.05) is 0 Å². The number of carbonyl (C=O) groups excluding carboxylic acids is 1. The third kappa shape index (κ3) is 5.78. The number of carbonyl (C=O) groups is 2. The molecule has 0 saturated heterocycles. The fraction of sp³-hybridized carbons (Fsp3) is 0.125. The molecule has 2 N–H and O–H groups in total. The van der Waals surface area contributed by atoms with Gasteiger partial charge in [-0.2, -0.15) is 0 Å². The molecule has 0 spiro atoms. The quantitative estimate of drug-likeness (QED) is 0.273. The molecule has 4 rings (SSSR count). The molecule has 0 aliphatic rings. The minimum absolute atomic E-state index is 0.0667. The Morgan fingerprint density at radius 2 is 1.11 bits per heavy atom. The molecule has 1 amide bonds. The first-order valence-corrected chi connectivity index (χ1v) is 12.0. The van der Waals surface area contributed by atoms with Crippen LogP contribution in [-0.2, 0) is 15.0 Å². The zero-order chi connectivity index (χ0) is 25.2. The minimum atomic E-state index is -1.06. The molecule has 4 aromatic rings. The molecule has 0 aliphatic heterocycles. The second-order valence-electron chi connectivity index (χ2n) is 8.69. The SMILES string of the molecule is O=C(CC(c1ccccc1)(c1ccccc1)c1ccccc1)N[C@@H](C/C=C/c1ccccc1)C(=O)O. The average Bonchev–Trinajstić information content (AvgIpc) is 2.93. The van der Waals surface area contributed by atoms with Crippen molar-refractivity contribution in [1.29, 1.82) is 0 Å². The van der Waals surface area contributed by atoms with Crippen LogP contribution < -0.4 is 5.32 Å². The Morgan fingerprint density at radius 3 is 1.53 bits per heavy atom. The van der Waals surface area contributed by atoms with Crippen LogP contribution in [0.4, 0.5) is 0 Å². The van der Waals surface area contributed by atoms with Crippen molar-refractivity contribution in [2.45, 2.75) is 24.3 Å². The van der Waals surface area contributed by atoms with Crippen LogP contribution in [0.1, 0.15) is 35.1 Å². The zero-order valence-electron chi connectivity index (χ0n) is 20.0. The van der Waals surface area contributed by atoms with Crippen LogP contribution in [0.5, 0.6) is 0 Å². The van der Waals surface area contributed by atoms with E-state index in [-0.39, 0.29) is 18.7 Å². The highest BCUT2D eigenvalue weighted by molar-refractivity contribution is 5.85. The normalized spacial score (nSPS) is 12.2. The predicted molar refractivity (Wildman–Crippen MR) is 143 cm³/mol. The van der Waals surface area contributed by atoms with Crippen molar-refractivity contribution in [3.63, 3.8) is 0 Å². The van der Waals surface area contributed by atoms with Gasteiger partial charge in [0, 0.05) is 6.42 Å². The van der Waals surface area contributed by atoms with Gasteiger partial charge in [0.1, 0.15) is 6.04 Å². The van der Waals surface area contributed by atoms with E-state index in [0.717, 1.165) is 22.3 Å². The van der Waals surface area contributed by atoms with Crippen LogP contribution in [0.25, 0.3) is 6.08 Å². The number of carboxylic acids is 1. The highest BCUT2D eigenvalue weighted by atomic mass is 16.4. The van der Waals surface area contributed by atoms with Gasteiger partial charge in [0.05, 0.1) is 5.41 Å². The fourth-order valence-electron chi connectivity index (χ4n) is 4.59. The number of benzene rings is 4. The second-order valence-corrected chi connectivity index (χ2v) is 8.69. The molecule has 0 saturated carbocycles. The van der Waals surface area contributed by atoms with Gasteiger partial charge in [-0.05, 0) is 28.7 Å². The summed E-state index contributed by atoms with van der Waals surface area (Å²) in [6, 6.07) is 38.3. The number of amides is 1. The molecule has 0 fully saturated rings. The summed E-state index contributed by atoms with van der Waals surface area (Å²) in [5, 5.41) is 12.6. The Kier molecular flexibility index (Phi) is 8.09. The largest absolute Gasteiger partial charge is 0.480 e. The summed E-state index contributed by atoms with van der Waals surface area (Å²) in [5.41, 5.74) is 3.09. The maximum absolute atomic E-state index is 13.5. The monoisotopic (exact) mass is 475 g/mol. The van der Waals surface area contributed by atoms with Crippen molar-refractivity contribution >= 4 is 18.0 Å². The van der Waals surface area contributed by atoms with E-state index in [1.165, 1.54) is 0 Å². The van der Waals surface area contributed by atoms with Crippen molar-refractivity contribution < 1.29 is 14.7 Å². The third-order valence-electron chi connectivity index (χ3n) is 6.34. The molecule has 4 aromatic carbocycles. The number of nitrogens with one attached hydrogen (secondary N) is 1. The van der Waals surface area contributed by atoms with Crippen LogP contribution in [-0.4, -0.2) is 23.0 Å². The summed E-state index contributed by atoms with van der Waals surface area (Å²) in [6.45, 7) is 0. The van der Waals surface area contributed by atoms with Gasteiger partial charge in [0.15, 0.2) is 0 Å². The Balaban J connectivity index is 1.66. The van der Waals surface area contributed by atoms with Gasteiger partial charge in [-0.3, -0.25) is 4.79 Å². The van der Waals surface area contributed by atoms with Gasteiger partial charge in [-0.15, -0.1) is 0 Å². The first-order chi connectivity index (χ1) is 17.6. The molecule has 180 valence electrons. The van der Waals surface area contributed by atoms with E-state index in [9.17, 15) is 14.7 Å². The summed E-state index contributed by atoms with van der Waals surface area (Å²) in [5.74, 6) is -1.39. The molecule has 1 atom stereocenters. The highest BCUT2D eigenvalue weighted by Crippen LogP contribution is 2.42. The number of hydrogen-bond acceptors (Lipinski definition) is 2. The number of rotatable bonds is 10. The van der Waals surface area contributed by atoms with Crippen molar-refractivity contribution in [1.82, 2.24) is 5.32 Å². The first kappa shape index (κ1) is 24.7. The highest BCUT2D eigenvalue weighted by Gasteiger charge is 2.39. The van der Waals surface area contributed by atoms with Gasteiger partial charge in [-0.1, -0.05) is 133 Å². The summed E-state index contributed by atoms with van der Waals surface area (Å²) in [6.07, 6.45) is 3.90. The fourth-order valence-corrected chi connectivity index (χ4v) is 4.59. The Labute approximate surface area is 211 Å². The van der Waals surface area contributed by atoms with Gasteiger partial charge >= 0.3 is 5.97 Å². The van der Waals surface area contributed by atoms with Crippen LogP contribution in [0.2, 0.25) is 0 Å². The van der Waals surface area contributed by atoms with E-state index in [1.807, 2.05) is 127 Å². The molecule has 0 heterocycles. The smallest absolute Gasteiger partial charge is 0.326 e. The zero-order valence-corrected chi connectivity index (χ0v) is 20.0. The molecule has 0 radical (unpaired) electrons. The van der Waals surface area contributed by atoms with E-state index in [1.54, 1.807) is 6.08 Å². The minimum Gasteiger partial charge on any atom is -0.480 e. The molecule has 4 heteroatoms. The number of aliphatic carboxylic acids is 1. The first-order valence-electron chi connectivity index (χ1n) is 12.0. The van der Waals surface area contributed by atoms with Gasteiger partial charge < -0.3 is 10.4 Å². The average molecular weight is 476 g/mol. The summed E-state index contributed by atoms with van der Waals surface area (Å²) < 4.78 is 0. The lowest BCUT2D eigenvalue weighted by molar-refractivity contribution is -0.141. The van der Waals surface area contributed by atoms with Crippen LogP contribution in [0.15, 0.2) is 127 Å². The van der Waals surface area contributed by atoms with Gasteiger partial charge in [0.25, 0.3) is 0 Å². The van der Waals surface area contributed by atoms with Crippen molar-refractivity contribution in [3.05, 3.63) is 150 Å². The Hall–Kier alpha value is -4.44. The lowest BCUT2D eigenvalue weighted by atomic mass is 9.67. The predicted octanol–water partition coefficient (Wildman–Crippen LogP) is 6.08. The maximum atomic E-state index is 13.5. The molecule has 36 heavy (non-hydrogen) atoms. The number of hydrogen-bond donors (Lipinski definition) is 2. The summed E-state index contributed by atoms with van der Waals surface area (Å²) >= 11 is 0. The molecular weight excluding hydrogens is 446 g/mol. The van der Waals surface area contributed by atoms with Crippen LogP contribution >= 0.6 is 0 Å². The van der Waals surface area contributed by atoms with E-state index < -0.39 is 17.4 Å². The molecule has 0 aliphatic carbocycles. The number of carboxylic acid groups (broad SMARTS) is 1. The second kappa shape index (κ2) is 11.8. The maximum Gasteiger partial charge on any atom is 0.326 e. The van der Waals surface area contributed by atoms with E-state index in [0.29, 0.717) is 0 Å². The van der Waals surface area contributed by atoms with Crippen molar-refractivity contribution in [2.24, 2.45) is 0 Å². The summed E-state index contributed by atoms with van der Waals surface area (Å²) in [7, 11) is 0. The van der Waals surface area contributed by atoms with Crippen LogP contribution in [0, 0.1) is 0 Å². The van der Waals surface area contributed by atoms with E-state index in [2.05, 4.69) is 5.32 Å². The molecular formula is C32H29NO3. The topological polar surface area (TPSA) is 66.4 Å². The lowest BCUT2D eigenvalue weighted by Crippen LogP contribution is -2.44. The van der Waals surface area contributed by atoms with Gasteiger partial charge in [0.2, 0.25) is 5.91 Å². The van der Waals surface area contributed by atoms with Crippen molar-refractivity contribution in [3.8, 4) is 0 Å². The Morgan fingerprint density at radius 1 is 0.694 bits per heavy atom. The molecule has 0 unspecified atom stereocenters. The van der Waals surface area contributed by atoms with Gasteiger partial charge in [-0.25, -0.2) is 4.79 Å². The molecule has 4 nitrogen and oxygen atoms in total. The lowest BCUT2D eigenvalue weighted by Gasteiger charge is -2.36. The van der Waals surface area contributed by atoms with Crippen LogP contribution in [0.3, 0.4) is 0 Å². The summed E-state index contributed by atoms with van der Waals surface area (Å²) in [4.78, 5) is 25.5. The van der Waals surface area contributed by atoms with E-state index >= 15 is 0 Å². The standard InChI is InChI=1S/C32H29NO3/c34-30(33-29(31(35)36)23-13-16-25-14-5-1-6-15-25)24-32(26-17-7-2-8-18-26,27-19-9-3-10-20-27)28-21-11-4-12-22-28/h1-22,29H,23-24H2,(H,33,34)(H,35,36)/b16-13+/t29-/m0/s1.